The van der Waals surface area contributed by atoms with Gasteiger partial charge in [0.1, 0.15) is 11.6 Å². The Bertz CT molecular complexity index is 1840. The van der Waals surface area contributed by atoms with Gasteiger partial charge in [0.05, 0.1) is 22.8 Å². The molecule has 1 fully saturated rings. The zero-order valence-corrected chi connectivity index (χ0v) is 28.7. The Morgan fingerprint density at radius 2 is 1.44 bits per heavy atom. The normalized spacial score (nSPS) is 13.8. The van der Waals surface area contributed by atoms with Crippen LogP contribution in [0.5, 0.6) is 5.75 Å². The van der Waals surface area contributed by atoms with Crippen LogP contribution in [-0.2, 0) is 35.6 Å². The Hall–Kier alpha value is -5.40. The first-order chi connectivity index (χ1) is 23.5. The van der Waals surface area contributed by atoms with Crippen molar-refractivity contribution in [2.24, 2.45) is 0 Å². The second-order valence-electron chi connectivity index (χ2n) is 10.4. The van der Waals surface area contributed by atoms with Gasteiger partial charge in [-0.3, -0.25) is 4.79 Å². The van der Waals surface area contributed by atoms with Crippen LogP contribution in [0, 0.1) is 6.92 Å². The maximum absolute atomic E-state index is 13.4. The van der Waals surface area contributed by atoms with Gasteiger partial charge in [0, 0.05) is 56.9 Å². The van der Waals surface area contributed by atoms with Crippen molar-refractivity contribution >= 4 is 39.4 Å². The van der Waals surface area contributed by atoms with Gasteiger partial charge in [-0.15, -0.1) is 5.10 Å². The fourth-order valence-corrected chi connectivity index (χ4v) is 6.05. The third-order valence-corrected chi connectivity index (χ3v) is 8.77. The quantitative estimate of drug-likeness (QED) is 0.166. The lowest BCUT2D eigenvalue weighted by Crippen LogP contribution is -2.48. The summed E-state index contributed by atoms with van der Waals surface area (Å²) in [7, 11) is -3.71. The summed E-state index contributed by atoms with van der Waals surface area (Å²) in [4.78, 5) is 60.8. The van der Waals surface area contributed by atoms with E-state index in [1.54, 1.807) is 29.6 Å². The van der Waals surface area contributed by atoms with Crippen molar-refractivity contribution in [1.82, 2.24) is 28.8 Å². The highest BCUT2D eigenvalue weighted by Crippen LogP contribution is 2.31. The molecule has 3 aromatic rings. The van der Waals surface area contributed by atoms with E-state index in [4.69, 9.17) is 25.2 Å². The van der Waals surface area contributed by atoms with E-state index in [-0.39, 0.29) is 16.3 Å². The molecule has 1 aliphatic heterocycles. The molecule has 0 amide bonds. The predicted molar refractivity (Wildman–Crippen MR) is 179 cm³/mol. The number of fused-ring (bicyclic) bond motifs is 1. The van der Waals surface area contributed by atoms with Gasteiger partial charge in [-0.1, -0.05) is 13.8 Å². The van der Waals surface area contributed by atoms with Crippen LogP contribution in [0.25, 0.3) is 16.9 Å². The van der Waals surface area contributed by atoms with E-state index < -0.39 is 33.9 Å². The fourth-order valence-electron chi connectivity index (χ4n) is 4.60. The number of piperazine rings is 1. The number of carbonyl (C=O) groups is 4. The molecule has 0 unspecified atom stereocenters. The molecular weight excluding hydrogens is 680 g/mol. The van der Waals surface area contributed by atoms with Gasteiger partial charge in [-0.25, -0.2) is 37.1 Å². The van der Waals surface area contributed by atoms with E-state index >= 15 is 0 Å². The number of nitrogens with zero attached hydrogens (tertiary/aromatic N) is 5. The van der Waals surface area contributed by atoms with Crippen molar-refractivity contribution in [2.75, 3.05) is 39.3 Å². The van der Waals surface area contributed by atoms with E-state index in [0.717, 1.165) is 13.0 Å². The van der Waals surface area contributed by atoms with Crippen LogP contribution in [0.1, 0.15) is 38.7 Å². The second kappa shape index (κ2) is 19.0. The van der Waals surface area contributed by atoms with Gasteiger partial charge >= 0.3 is 23.9 Å². The van der Waals surface area contributed by atoms with Crippen LogP contribution in [0.15, 0.2) is 52.2 Å². The Morgan fingerprint density at radius 3 is 1.90 bits per heavy atom. The lowest BCUT2D eigenvalue weighted by molar-refractivity contribution is -0.134. The van der Waals surface area contributed by atoms with Crippen molar-refractivity contribution in [3.8, 4) is 17.1 Å². The first-order valence-electron chi connectivity index (χ1n) is 15.3. The van der Waals surface area contributed by atoms with Crippen LogP contribution in [0.2, 0.25) is 0 Å². The van der Waals surface area contributed by atoms with Crippen molar-refractivity contribution in [2.45, 2.75) is 45.4 Å². The number of nitrogens with one attached hydrogen (secondary N) is 1. The number of rotatable bonds is 12. The summed E-state index contributed by atoms with van der Waals surface area (Å²) in [6.07, 6.45) is 3.75. The molecule has 1 aliphatic rings. The molecule has 0 aliphatic carbocycles. The van der Waals surface area contributed by atoms with Crippen molar-refractivity contribution in [3.05, 3.63) is 64.4 Å². The first-order valence-corrected chi connectivity index (χ1v) is 16.8. The molecule has 0 saturated carbocycles. The lowest BCUT2D eigenvalue weighted by Gasteiger charge is -2.33. The predicted octanol–water partition coefficient (Wildman–Crippen LogP) is 1.49. The molecule has 0 bridgehead atoms. The summed E-state index contributed by atoms with van der Waals surface area (Å²) in [5.41, 5.74) is 1.09. The van der Waals surface area contributed by atoms with E-state index in [1.165, 1.54) is 4.31 Å². The summed E-state index contributed by atoms with van der Waals surface area (Å²) in [5.74, 6) is -3.64. The van der Waals surface area contributed by atoms with Gasteiger partial charge in [0.15, 0.2) is 11.3 Å². The Morgan fingerprint density at radius 1 is 0.900 bits per heavy atom. The molecule has 3 heterocycles. The number of aryl methyl sites for hydroxylation is 2. The van der Waals surface area contributed by atoms with Crippen LogP contribution in [0.4, 0.5) is 0 Å². The van der Waals surface area contributed by atoms with Gasteiger partial charge in [0.2, 0.25) is 10.0 Å². The van der Waals surface area contributed by atoms with Crippen LogP contribution < -0.4 is 10.3 Å². The number of ether oxygens (including phenoxy) is 1. The SMILES string of the molecule is CCCc1nc(C)c2c(=O)[nH]c(-c3cc(S(=O)(=O)N4CCN(CC)CC4)ccc3OCC)nn12.O=C(O)/C=C/C(=O)O.O=C(O)/C=C/C(=O)O. The largest absolute Gasteiger partial charge is 0.493 e. The Labute approximate surface area is 287 Å². The maximum Gasteiger partial charge on any atom is 0.328 e. The van der Waals surface area contributed by atoms with Crippen molar-refractivity contribution in [3.63, 3.8) is 0 Å². The molecule has 1 saturated heterocycles. The van der Waals surface area contributed by atoms with E-state index in [9.17, 15) is 32.4 Å². The molecule has 4 rings (SSSR count). The minimum atomic E-state index is -3.71. The fraction of sp³-hybridized carbons (Fsp3) is 0.387. The number of aliphatic carboxylic acids is 4. The average molecular weight is 721 g/mol. The number of sulfonamides is 1. The van der Waals surface area contributed by atoms with Crippen LogP contribution >= 0.6 is 0 Å². The number of likely N-dealkylation sites (N-methyl/N-ethyl adjacent to an activating group) is 1. The van der Waals surface area contributed by atoms with Gasteiger partial charge in [-0.2, -0.15) is 4.31 Å². The molecule has 5 N–H and O–H groups in total. The topological polar surface area (TPSA) is 262 Å². The number of aromatic amines is 1. The highest BCUT2D eigenvalue weighted by Gasteiger charge is 2.29. The summed E-state index contributed by atoms with van der Waals surface area (Å²) >= 11 is 0. The zero-order chi connectivity index (χ0) is 37.6. The summed E-state index contributed by atoms with van der Waals surface area (Å²) < 4.78 is 35.7. The van der Waals surface area contributed by atoms with E-state index in [1.807, 2.05) is 13.8 Å². The molecule has 0 spiro atoms. The summed E-state index contributed by atoms with van der Waals surface area (Å²) in [6, 6.07) is 4.72. The van der Waals surface area contributed by atoms with E-state index in [2.05, 4.69) is 26.9 Å². The van der Waals surface area contributed by atoms with Gasteiger partial charge < -0.3 is 35.0 Å². The Kier molecular flexibility index (Phi) is 15.5. The molecule has 272 valence electrons. The molecule has 0 atom stereocenters. The number of aromatic nitrogens is 4. The number of carboxylic acid groups (broad SMARTS) is 4. The number of imidazole rings is 1. The average Bonchev–Trinajstić information content (AvgIpc) is 3.38. The summed E-state index contributed by atoms with van der Waals surface area (Å²) in [6.45, 7) is 11.3. The van der Waals surface area contributed by atoms with E-state index in [0.29, 0.717) is 91.9 Å². The van der Waals surface area contributed by atoms with Gasteiger partial charge in [-0.05, 0) is 45.0 Å². The highest BCUT2D eigenvalue weighted by atomic mass is 32.2. The Balaban J connectivity index is 0.000000450. The number of hydrogen-bond acceptors (Lipinski definition) is 11. The third kappa shape index (κ3) is 11.6. The highest BCUT2D eigenvalue weighted by molar-refractivity contribution is 7.89. The smallest absolute Gasteiger partial charge is 0.328 e. The zero-order valence-electron chi connectivity index (χ0n) is 27.9. The maximum atomic E-state index is 13.4. The number of hydrogen-bond donors (Lipinski definition) is 5. The minimum Gasteiger partial charge on any atom is -0.493 e. The molecular formula is C31H40N6O12S. The standard InChI is InChI=1S/C23H32N6O4S.2C4H4O4/c1-5-8-20-24-16(4)21-23(30)25-22(26-29(20)21)18-15-17(9-10-19(18)33-7-3)34(31,32)28-13-11-27(6-2)12-14-28;2*5-3(6)1-2-4(7)8/h9-10,15H,5-8,11-14H2,1-4H3,(H,25,26,30);2*1-2H,(H,5,6)(H,7,8)/b;2*2-1+. The van der Waals surface area contributed by atoms with Crippen LogP contribution in [0.3, 0.4) is 0 Å². The molecule has 50 heavy (non-hydrogen) atoms. The second-order valence-corrected chi connectivity index (χ2v) is 12.3. The number of carboxylic acids is 4. The first kappa shape index (κ1) is 40.8. The monoisotopic (exact) mass is 720 g/mol. The van der Waals surface area contributed by atoms with Crippen LogP contribution in [-0.4, -0.2) is 121 Å². The molecule has 1 aromatic carbocycles. The van der Waals surface area contributed by atoms with Crippen molar-refractivity contribution in [1.29, 1.82) is 0 Å². The summed E-state index contributed by atoms with van der Waals surface area (Å²) in [5, 5.41) is 35.9. The number of benzene rings is 1. The van der Waals surface area contributed by atoms with Crippen molar-refractivity contribution < 1.29 is 52.8 Å². The third-order valence-electron chi connectivity index (χ3n) is 6.88. The molecule has 2 aromatic heterocycles. The minimum absolute atomic E-state index is 0.147. The molecule has 18 nitrogen and oxygen atoms in total. The molecule has 19 heteroatoms. The number of H-pyrrole nitrogens is 1. The van der Waals surface area contributed by atoms with Gasteiger partial charge in [0.25, 0.3) is 5.56 Å². The molecule has 0 radical (unpaired) electrons. The lowest BCUT2D eigenvalue weighted by atomic mass is 10.2.